The summed E-state index contributed by atoms with van der Waals surface area (Å²) in [6.45, 7) is 2.91. The predicted octanol–water partition coefficient (Wildman–Crippen LogP) is 3.31. The summed E-state index contributed by atoms with van der Waals surface area (Å²) in [6.07, 6.45) is 9.65. The van der Waals surface area contributed by atoms with Gasteiger partial charge < -0.3 is 15.6 Å². The number of fused-ring (bicyclic) bond motifs is 3. The van der Waals surface area contributed by atoms with Gasteiger partial charge in [-0.05, 0) is 55.6 Å². The second-order valence-corrected chi connectivity index (χ2v) is 7.79. The summed E-state index contributed by atoms with van der Waals surface area (Å²) in [6, 6.07) is 7.80. The number of carbonyl (C=O) groups excluding carboxylic acids is 1. The topological polar surface area (TPSA) is 56.9 Å². The van der Waals surface area contributed by atoms with Gasteiger partial charge in [-0.2, -0.15) is 0 Å². The lowest BCUT2D eigenvalue weighted by molar-refractivity contribution is -0.122. The van der Waals surface area contributed by atoms with Gasteiger partial charge in [-0.25, -0.2) is 0 Å². The second kappa shape index (κ2) is 7.20. The number of aromatic amines is 1. The summed E-state index contributed by atoms with van der Waals surface area (Å²) < 4.78 is 0. The standard InChI is InChI=1S/C21H29N3O/c1-2-15-4-3-5-19-16(13-23-21(15)19)8-9-22-20(25)12-14-10-17-6-7-18(11-14)24-17/h3-5,13-14,17-18,23-24H,2,6-12H2,1H3,(H,22,25). The van der Waals surface area contributed by atoms with Gasteiger partial charge in [0, 0.05) is 42.1 Å². The molecular weight excluding hydrogens is 310 g/mol. The molecule has 4 rings (SSSR count). The summed E-state index contributed by atoms with van der Waals surface area (Å²) in [5, 5.41) is 8.08. The Morgan fingerprint density at radius 1 is 1.20 bits per heavy atom. The summed E-state index contributed by atoms with van der Waals surface area (Å²) in [5.74, 6) is 0.791. The predicted molar refractivity (Wildman–Crippen MR) is 102 cm³/mol. The Balaban J connectivity index is 1.28. The van der Waals surface area contributed by atoms with E-state index in [9.17, 15) is 4.79 Å². The van der Waals surface area contributed by atoms with Crippen LogP contribution in [0.4, 0.5) is 0 Å². The Kier molecular flexibility index (Phi) is 4.80. The van der Waals surface area contributed by atoms with Crippen molar-refractivity contribution in [2.75, 3.05) is 6.54 Å². The Bertz CT molecular complexity index is 739. The van der Waals surface area contributed by atoms with Crippen molar-refractivity contribution in [2.45, 2.75) is 64.0 Å². The molecule has 1 amide bonds. The number of rotatable bonds is 6. The number of hydrogen-bond donors (Lipinski definition) is 3. The fourth-order valence-corrected chi connectivity index (χ4v) is 4.79. The molecule has 2 aliphatic rings. The van der Waals surface area contributed by atoms with E-state index in [4.69, 9.17) is 0 Å². The summed E-state index contributed by atoms with van der Waals surface area (Å²) in [4.78, 5) is 15.7. The van der Waals surface area contributed by atoms with Crippen LogP contribution >= 0.6 is 0 Å². The molecule has 0 radical (unpaired) electrons. The minimum absolute atomic E-state index is 0.223. The van der Waals surface area contributed by atoms with Crippen molar-refractivity contribution in [3.8, 4) is 0 Å². The minimum Gasteiger partial charge on any atom is -0.361 e. The van der Waals surface area contributed by atoms with Gasteiger partial charge in [-0.1, -0.05) is 25.1 Å². The molecule has 2 saturated heterocycles. The van der Waals surface area contributed by atoms with Gasteiger partial charge in [0.25, 0.3) is 0 Å². The van der Waals surface area contributed by atoms with Crippen LogP contribution in [0.5, 0.6) is 0 Å². The van der Waals surface area contributed by atoms with Crippen LogP contribution in [0.1, 0.15) is 50.2 Å². The quantitative estimate of drug-likeness (QED) is 0.756. The average Bonchev–Trinajstić information content (AvgIpc) is 3.18. The Morgan fingerprint density at radius 2 is 2.00 bits per heavy atom. The van der Waals surface area contributed by atoms with E-state index in [1.165, 1.54) is 47.7 Å². The van der Waals surface area contributed by atoms with Crippen molar-refractivity contribution in [3.05, 3.63) is 35.5 Å². The number of para-hydroxylation sites is 1. The molecule has 1 aromatic carbocycles. The minimum atomic E-state index is 0.223. The molecule has 4 nitrogen and oxygen atoms in total. The van der Waals surface area contributed by atoms with Gasteiger partial charge in [0.2, 0.25) is 5.91 Å². The molecule has 4 heteroatoms. The van der Waals surface area contributed by atoms with Crippen molar-refractivity contribution in [1.29, 1.82) is 0 Å². The molecule has 2 aliphatic heterocycles. The van der Waals surface area contributed by atoms with Crippen LogP contribution in [0, 0.1) is 5.92 Å². The molecule has 3 N–H and O–H groups in total. The highest BCUT2D eigenvalue weighted by molar-refractivity contribution is 5.86. The maximum Gasteiger partial charge on any atom is 0.220 e. The third-order valence-electron chi connectivity index (χ3n) is 6.03. The third kappa shape index (κ3) is 3.59. The van der Waals surface area contributed by atoms with E-state index in [2.05, 4.69) is 46.9 Å². The molecule has 25 heavy (non-hydrogen) atoms. The second-order valence-electron chi connectivity index (χ2n) is 7.79. The number of benzene rings is 1. The van der Waals surface area contributed by atoms with Crippen LogP contribution in [0.2, 0.25) is 0 Å². The SMILES string of the molecule is CCc1cccc2c(CCNC(=O)CC3CC4CCC(C3)N4)c[nH]c12. The van der Waals surface area contributed by atoms with Crippen LogP contribution in [0.3, 0.4) is 0 Å². The lowest BCUT2D eigenvalue weighted by Gasteiger charge is -2.28. The Hall–Kier alpha value is -1.81. The Labute approximate surface area is 149 Å². The first kappa shape index (κ1) is 16.6. The number of hydrogen-bond acceptors (Lipinski definition) is 2. The zero-order valence-electron chi connectivity index (χ0n) is 15.1. The zero-order valence-corrected chi connectivity index (χ0v) is 15.1. The fraction of sp³-hybridized carbons (Fsp3) is 0.571. The van der Waals surface area contributed by atoms with Crippen molar-refractivity contribution in [2.24, 2.45) is 5.92 Å². The lowest BCUT2D eigenvalue weighted by Crippen LogP contribution is -2.39. The van der Waals surface area contributed by atoms with Gasteiger partial charge in [0.05, 0.1) is 0 Å². The summed E-state index contributed by atoms with van der Waals surface area (Å²) in [7, 11) is 0. The number of carbonyl (C=O) groups is 1. The number of aromatic nitrogens is 1. The van der Waals surface area contributed by atoms with E-state index < -0.39 is 0 Å². The van der Waals surface area contributed by atoms with Crippen molar-refractivity contribution in [3.63, 3.8) is 0 Å². The van der Waals surface area contributed by atoms with E-state index in [0.717, 1.165) is 19.4 Å². The molecule has 1 aromatic heterocycles. The van der Waals surface area contributed by atoms with E-state index in [1.54, 1.807) is 0 Å². The molecule has 3 heterocycles. The number of piperidine rings is 1. The van der Waals surface area contributed by atoms with Gasteiger partial charge in [0.1, 0.15) is 0 Å². The molecule has 134 valence electrons. The number of nitrogens with one attached hydrogen (secondary N) is 3. The fourth-order valence-electron chi connectivity index (χ4n) is 4.79. The lowest BCUT2D eigenvalue weighted by atomic mass is 9.89. The van der Waals surface area contributed by atoms with Gasteiger partial charge >= 0.3 is 0 Å². The molecule has 0 spiro atoms. The molecule has 2 fully saturated rings. The first-order valence-corrected chi connectivity index (χ1v) is 9.83. The highest BCUT2D eigenvalue weighted by Crippen LogP contribution is 2.32. The van der Waals surface area contributed by atoms with Crippen LogP contribution in [0.25, 0.3) is 10.9 Å². The van der Waals surface area contributed by atoms with E-state index >= 15 is 0 Å². The molecule has 2 aromatic rings. The monoisotopic (exact) mass is 339 g/mol. The molecule has 0 saturated carbocycles. The summed E-state index contributed by atoms with van der Waals surface area (Å²) >= 11 is 0. The number of H-pyrrole nitrogens is 1. The van der Waals surface area contributed by atoms with Crippen LogP contribution < -0.4 is 10.6 Å². The number of aryl methyl sites for hydroxylation is 1. The third-order valence-corrected chi connectivity index (χ3v) is 6.03. The molecule has 2 atom stereocenters. The maximum absolute atomic E-state index is 12.3. The smallest absolute Gasteiger partial charge is 0.220 e. The first-order chi connectivity index (χ1) is 12.2. The van der Waals surface area contributed by atoms with E-state index in [-0.39, 0.29) is 5.91 Å². The normalized spacial score (nSPS) is 25.4. The zero-order chi connectivity index (χ0) is 17.2. The molecular formula is C21H29N3O. The molecule has 0 aliphatic carbocycles. The van der Waals surface area contributed by atoms with Gasteiger partial charge in [-0.15, -0.1) is 0 Å². The van der Waals surface area contributed by atoms with Crippen molar-refractivity contribution < 1.29 is 4.79 Å². The van der Waals surface area contributed by atoms with E-state index in [1.807, 2.05) is 0 Å². The summed E-state index contributed by atoms with van der Waals surface area (Å²) in [5.41, 5.74) is 3.90. The van der Waals surface area contributed by atoms with E-state index in [0.29, 0.717) is 24.4 Å². The van der Waals surface area contributed by atoms with Crippen LogP contribution in [0.15, 0.2) is 24.4 Å². The van der Waals surface area contributed by atoms with Crippen molar-refractivity contribution in [1.82, 2.24) is 15.6 Å². The molecule has 2 bridgehead atoms. The molecule has 2 unspecified atom stereocenters. The highest BCUT2D eigenvalue weighted by atomic mass is 16.1. The average molecular weight is 339 g/mol. The first-order valence-electron chi connectivity index (χ1n) is 9.83. The largest absolute Gasteiger partial charge is 0.361 e. The number of amides is 1. The van der Waals surface area contributed by atoms with Gasteiger partial charge in [0.15, 0.2) is 0 Å². The Morgan fingerprint density at radius 3 is 2.76 bits per heavy atom. The highest BCUT2D eigenvalue weighted by Gasteiger charge is 2.34. The van der Waals surface area contributed by atoms with Crippen LogP contribution in [-0.2, 0) is 17.6 Å². The van der Waals surface area contributed by atoms with Crippen LogP contribution in [-0.4, -0.2) is 29.5 Å². The van der Waals surface area contributed by atoms with Gasteiger partial charge in [-0.3, -0.25) is 4.79 Å². The van der Waals surface area contributed by atoms with Crippen molar-refractivity contribution >= 4 is 16.8 Å². The maximum atomic E-state index is 12.3.